The van der Waals surface area contributed by atoms with E-state index >= 15 is 0 Å². The van der Waals surface area contributed by atoms with Gasteiger partial charge in [0.1, 0.15) is 12.4 Å². The minimum absolute atomic E-state index is 0.226. The number of esters is 1. The number of nitrogens with zero attached hydrogens (tertiary/aromatic N) is 1. The second-order valence-corrected chi connectivity index (χ2v) is 7.91. The minimum atomic E-state index is -3.52. The average Bonchev–Trinajstić information content (AvgIpc) is 2.73. The van der Waals surface area contributed by atoms with E-state index in [1.54, 1.807) is 30.3 Å². The topological polar surface area (TPSA) is 82.1 Å². The van der Waals surface area contributed by atoms with Crippen molar-refractivity contribution in [2.75, 3.05) is 33.4 Å². The number of hydrogen-bond acceptors (Lipinski definition) is 6. The van der Waals surface area contributed by atoms with Crippen LogP contribution in [0.25, 0.3) is 0 Å². The summed E-state index contributed by atoms with van der Waals surface area (Å²) in [6, 6.07) is 13.3. The van der Waals surface area contributed by atoms with Gasteiger partial charge in [-0.25, -0.2) is 13.2 Å². The highest BCUT2D eigenvalue weighted by atomic mass is 32.2. The second kappa shape index (κ2) is 8.51. The number of carbonyl (C=O) groups is 1. The zero-order chi connectivity index (χ0) is 19.3. The quantitative estimate of drug-likeness (QED) is 0.701. The molecule has 0 bridgehead atoms. The molecule has 8 heteroatoms. The zero-order valence-electron chi connectivity index (χ0n) is 15.0. The summed E-state index contributed by atoms with van der Waals surface area (Å²) in [4.78, 5) is 11.8. The highest BCUT2D eigenvalue weighted by molar-refractivity contribution is 7.89. The summed E-state index contributed by atoms with van der Waals surface area (Å²) in [6.07, 6.45) is 0. The highest BCUT2D eigenvalue weighted by Crippen LogP contribution is 2.21. The van der Waals surface area contributed by atoms with Crippen molar-refractivity contribution in [3.63, 3.8) is 0 Å². The molecule has 1 saturated heterocycles. The molecule has 1 heterocycles. The van der Waals surface area contributed by atoms with Gasteiger partial charge in [-0.2, -0.15) is 4.31 Å². The van der Waals surface area contributed by atoms with E-state index in [-0.39, 0.29) is 11.5 Å². The van der Waals surface area contributed by atoms with Gasteiger partial charge in [-0.15, -0.1) is 0 Å². The molecule has 27 heavy (non-hydrogen) atoms. The van der Waals surface area contributed by atoms with Crippen molar-refractivity contribution >= 4 is 16.0 Å². The van der Waals surface area contributed by atoms with Gasteiger partial charge in [0.05, 0.1) is 30.8 Å². The first-order chi connectivity index (χ1) is 13.0. The predicted molar refractivity (Wildman–Crippen MR) is 98.1 cm³/mol. The van der Waals surface area contributed by atoms with Crippen molar-refractivity contribution < 1.29 is 27.4 Å². The van der Waals surface area contributed by atoms with Gasteiger partial charge >= 0.3 is 5.97 Å². The van der Waals surface area contributed by atoms with Crippen molar-refractivity contribution in [3.05, 3.63) is 59.7 Å². The van der Waals surface area contributed by atoms with Crippen molar-refractivity contribution in [1.29, 1.82) is 0 Å². The first-order valence-electron chi connectivity index (χ1n) is 8.49. The fraction of sp³-hybridized carbons (Fsp3) is 0.316. The van der Waals surface area contributed by atoms with Crippen LogP contribution in [-0.4, -0.2) is 52.1 Å². The second-order valence-electron chi connectivity index (χ2n) is 5.97. The first kappa shape index (κ1) is 19.3. The van der Waals surface area contributed by atoms with Crippen LogP contribution in [0.5, 0.6) is 5.75 Å². The Morgan fingerprint density at radius 3 is 2.48 bits per heavy atom. The lowest BCUT2D eigenvalue weighted by Crippen LogP contribution is -2.40. The molecule has 0 N–H and O–H groups in total. The van der Waals surface area contributed by atoms with Crippen LogP contribution in [-0.2, 0) is 26.1 Å². The molecule has 3 rings (SSSR count). The molecule has 1 aliphatic rings. The molecule has 0 unspecified atom stereocenters. The Bertz CT molecular complexity index is 889. The molecule has 0 aromatic heterocycles. The van der Waals surface area contributed by atoms with Crippen LogP contribution in [0.2, 0.25) is 0 Å². The number of morpholine rings is 1. The Hall–Kier alpha value is -2.42. The van der Waals surface area contributed by atoms with Gasteiger partial charge in [-0.1, -0.05) is 12.1 Å². The van der Waals surface area contributed by atoms with Gasteiger partial charge in [-0.05, 0) is 42.0 Å². The van der Waals surface area contributed by atoms with Crippen molar-refractivity contribution in [3.8, 4) is 5.75 Å². The van der Waals surface area contributed by atoms with Crippen LogP contribution in [0.15, 0.2) is 53.4 Å². The minimum Gasteiger partial charge on any atom is -0.489 e. The number of benzene rings is 2. The molecule has 1 fully saturated rings. The number of sulfonamides is 1. The Morgan fingerprint density at radius 2 is 1.81 bits per heavy atom. The summed E-state index contributed by atoms with van der Waals surface area (Å²) in [5.41, 5.74) is 1.26. The third-order valence-corrected chi connectivity index (χ3v) is 6.10. The molecule has 0 saturated carbocycles. The molecule has 2 aromatic rings. The fourth-order valence-electron chi connectivity index (χ4n) is 2.72. The number of rotatable bonds is 6. The van der Waals surface area contributed by atoms with Gasteiger partial charge in [0, 0.05) is 13.1 Å². The number of carbonyl (C=O) groups excluding carboxylic acids is 1. The Balaban J connectivity index is 1.65. The lowest BCUT2D eigenvalue weighted by atomic mass is 10.1. The van der Waals surface area contributed by atoms with E-state index in [1.165, 1.54) is 23.5 Å². The number of hydrogen-bond donors (Lipinski definition) is 0. The summed E-state index contributed by atoms with van der Waals surface area (Å²) in [5, 5.41) is 0. The number of methoxy groups -OCH3 is 1. The standard InChI is InChI=1S/C19H21NO6S/c1-24-19(21)16-4-2-3-15(13-16)14-26-17-5-7-18(8-6-17)27(22,23)20-9-11-25-12-10-20/h2-8,13H,9-12,14H2,1H3. The van der Waals surface area contributed by atoms with E-state index in [2.05, 4.69) is 0 Å². The van der Waals surface area contributed by atoms with Crippen LogP contribution in [0.3, 0.4) is 0 Å². The predicted octanol–water partition coefficient (Wildman–Crippen LogP) is 2.07. The van der Waals surface area contributed by atoms with E-state index < -0.39 is 16.0 Å². The molecule has 144 valence electrons. The average molecular weight is 391 g/mol. The van der Waals surface area contributed by atoms with Crippen LogP contribution in [0.1, 0.15) is 15.9 Å². The largest absolute Gasteiger partial charge is 0.489 e. The summed E-state index contributed by atoms with van der Waals surface area (Å²) in [7, 11) is -2.19. The summed E-state index contributed by atoms with van der Waals surface area (Å²) < 4.78 is 42.2. The van der Waals surface area contributed by atoms with E-state index in [1.807, 2.05) is 6.07 Å². The molecule has 0 atom stereocenters. The Labute approximate surface area is 158 Å². The summed E-state index contributed by atoms with van der Waals surface area (Å²) in [5.74, 6) is 0.133. The van der Waals surface area contributed by atoms with E-state index in [9.17, 15) is 13.2 Å². The van der Waals surface area contributed by atoms with Crippen molar-refractivity contribution in [2.24, 2.45) is 0 Å². The van der Waals surface area contributed by atoms with E-state index in [0.29, 0.717) is 37.6 Å². The summed E-state index contributed by atoms with van der Waals surface area (Å²) in [6.45, 7) is 1.78. The molecular weight excluding hydrogens is 370 g/mol. The van der Waals surface area contributed by atoms with E-state index in [4.69, 9.17) is 14.2 Å². The monoisotopic (exact) mass is 391 g/mol. The maximum Gasteiger partial charge on any atom is 0.337 e. The SMILES string of the molecule is COC(=O)c1cccc(COc2ccc(S(=O)(=O)N3CCOCC3)cc2)c1. The molecule has 1 aliphatic heterocycles. The Morgan fingerprint density at radius 1 is 1.11 bits per heavy atom. The van der Waals surface area contributed by atoms with Gasteiger partial charge < -0.3 is 14.2 Å². The van der Waals surface area contributed by atoms with Gasteiger partial charge in [0.2, 0.25) is 10.0 Å². The molecule has 0 aliphatic carbocycles. The van der Waals surface area contributed by atoms with Gasteiger partial charge in [0.25, 0.3) is 0 Å². The third-order valence-electron chi connectivity index (χ3n) is 4.19. The van der Waals surface area contributed by atoms with Crippen LogP contribution < -0.4 is 4.74 Å². The normalized spacial score (nSPS) is 15.3. The highest BCUT2D eigenvalue weighted by Gasteiger charge is 2.26. The van der Waals surface area contributed by atoms with Crippen LogP contribution in [0, 0.1) is 0 Å². The van der Waals surface area contributed by atoms with Crippen molar-refractivity contribution in [1.82, 2.24) is 4.31 Å². The van der Waals surface area contributed by atoms with Crippen molar-refractivity contribution in [2.45, 2.75) is 11.5 Å². The third kappa shape index (κ3) is 4.65. The van der Waals surface area contributed by atoms with Gasteiger partial charge in [0.15, 0.2) is 0 Å². The molecule has 0 spiro atoms. The van der Waals surface area contributed by atoms with E-state index in [0.717, 1.165) is 5.56 Å². The molecule has 2 aromatic carbocycles. The Kier molecular flexibility index (Phi) is 6.10. The lowest BCUT2D eigenvalue weighted by molar-refractivity contribution is 0.0600. The molecule has 0 radical (unpaired) electrons. The lowest BCUT2D eigenvalue weighted by Gasteiger charge is -2.26. The maximum absolute atomic E-state index is 12.6. The molecular formula is C19H21NO6S. The number of ether oxygens (including phenoxy) is 3. The van der Waals surface area contributed by atoms with Gasteiger partial charge in [-0.3, -0.25) is 0 Å². The zero-order valence-corrected chi connectivity index (χ0v) is 15.8. The maximum atomic E-state index is 12.6. The van der Waals surface area contributed by atoms with Crippen LogP contribution in [0.4, 0.5) is 0 Å². The molecule has 0 amide bonds. The smallest absolute Gasteiger partial charge is 0.337 e. The first-order valence-corrected chi connectivity index (χ1v) is 9.93. The summed E-state index contributed by atoms with van der Waals surface area (Å²) >= 11 is 0. The fourth-order valence-corrected chi connectivity index (χ4v) is 4.12. The van der Waals surface area contributed by atoms with Crippen LogP contribution >= 0.6 is 0 Å². The molecule has 7 nitrogen and oxygen atoms in total.